The van der Waals surface area contributed by atoms with E-state index in [0.717, 1.165) is 41.3 Å². The predicted molar refractivity (Wildman–Crippen MR) is 90.0 cm³/mol. The van der Waals surface area contributed by atoms with Crippen LogP contribution in [0.4, 0.5) is 10.8 Å². The predicted octanol–water partition coefficient (Wildman–Crippen LogP) is 3.51. The van der Waals surface area contributed by atoms with Crippen LogP contribution in [0.3, 0.4) is 0 Å². The van der Waals surface area contributed by atoms with Crippen molar-refractivity contribution in [3.05, 3.63) is 50.7 Å². The first-order valence-corrected chi connectivity index (χ1v) is 8.57. The molecule has 2 aromatic heterocycles. The van der Waals surface area contributed by atoms with Crippen LogP contribution in [-0.4, -0.2) is 20.5 Å². The molecule has 24 heavy (non-hydrogen) atoms. The number of carbonyl (C=O) groups excluding carboxylic acids is 1. The Morgan fingerprint density at radius 3 is 3.00 bits per heavy atom. The first-order valence-electron chi connectivity index (χ1n) is 7.70. The number of carbonyl (C=O) groups is 1. The third-order valence-corrected chi connectivity index (χ3v) is 5.65. The molecule has 1 aliphatic carbocycles. The van der Waals surface area contributed by atoms with Gasteiger partial charge in [0, 0.05) is 34.2 Å². The zero-order valence-corrected chi connectivity index (χ0v) is 14.1. The highest BCUT2D eigenvalue weighted by atomic mass is 32.1. The maximum absolute atomic E-state index is 13.1. The number of aromatic nitrogens is 2. The number of nitrogens with zero attached hydrogens (tertiary/aromatic N) is 3. The zero-order chi connectivity index (χ0) is 17.1. The first kappa shape index (κ1) is 15.1. The average molecular weight is 344 g/mol. The Bertz CT molecular complexity index is 893. The minimum atomic E-state index is -0.439. The van der Waals surface area contributed by atoms with Gasteiger partial charge in [-0.1, -0.05) is 25.2 Å². The number of hydrogen-bond donors (Lipinski definition) is 1. The van der Waals surface area contributed by atoms with Gasteiger partial charge in [-0.2, -0.15) is 5.10 Å². The maximum Gasteiger partial charge on any atom is 0.324 e. The maximum atomic E-state index is 13.1. The fourth-order valence-electron chi connectivity index (χ4n) is 3.39. The molecule has 4 rings (SSSR count). The lowest BCUT2D eigenvalue weighted by atomic mass is 9.72. The summed E-state index contributed by atoms with van der Waals surface area (Å²) in [7, 11) is 0. The quantitative estimate of drug-likeness (QED) is 0.665. The SMILES string of the molecule is CC1(C)CCC2=C(C1=O)C(c1csc([N+](=O)[O-])c1)n1nccc1N2. The van der Waals surface area contributed by atoms with Gasteiger partial charge in [-0.3, -0.25) is 14.9 Å². The highest BCUT2D eigenvalue weighted by Gasteiger charge is 2.43. The highest BCUT2D eigenvalue weighted by molar-refractivity contribution is 7.13. The van der Waals surface area contributed by atoms with E-state index in [1.165, 1.54) is 0 Å². The molecule has 0 saturated heterocycles. The van der Waals surface area contributed by atoms with Crippen molar-refractivity contribution in [3.63, 3.8) is 0 Å². The third-order valence-electron chi connectivity index (χ3n) is 4.75. The largest absolute Gasteiger partial charge is 0.343 e. The molecule has 7 nitrogen and oxygen atoms in total. The minimum absolute atomic E-state index is 0.0712. The van der Waals surface area contributed by atoms with Gasteiger partial charge < -0.3 is 5.32 Å². The molecule has 0 spiro atoms. The summed E-state index contributed by atoms with van der Waals surface area (Å²) in [5.41, 5.74) is 1.88. The van der Waals surface area contributed by atoms with Gasteiger partial charge in [0.1, 0.15) is 11.9 Å². The van der Waals surface area contributed by atoms with Crippen LogP contribution in [0, 0.1) is 15.5 Å². The molecule has 0 radical (unpaired) electrons. The Balaban J connectivity index is 1.89. The van der Waals surface area contributed by atoms with Crippen LogP contribution in [0.25, 0.3) is 0 Å². The molecule has 1 aliphatic heterocycles. The molecule has 0 bridgehead atoms. The number of thiophene rings is 1. The second-order valence-corrected chi connectivity index (χ2v) is 7.66. The molecule has 2 aliphatic rings. The van der Waals surface area contributed by atoms with Crippen molar-refractivity contribution in [1.29, 1.82) is 0 Å². The summed E-state index contributed by atoms with van der Waals surface area (Å²) >= 11 is 1.07. The molecule has 1 atom stereocenters. The van der Waals surface area contributed by atoms with E-state index in [-0.39, 0.29) is 10.8 Å². The number of ketones is 1. The Labute approximate surface area is 142 Å². The summed E-state index contributed by atoms with van der Waals surface area (Å²) < 4.78 is 1.74. The normalized spacial score (nSPS) is 21.9. The van der Waals surface area contributed by atoms with E-state index in [1.807, 2.05) is 19.9 Å². The lowest BCUT2D eigenvalue weighted by Gasteiger charge is -2.38. The van der Waals surface area contributed by atoms with Crippen LogP contribution in [0.5, 0.6) is 0 Å². The second kappa shape index (κ2) is 5.01. The van der Waals surface area contributed by atoms with Gasteiger partial charge in [0.05, 0.1) is 11.1 Å². The highest BCUT2D eigenvalue weighted by Crippen LogP contribution is 2.46. The number of nitro groups is 1. The fourth-order valence-corrected chi connectivity index (χ4v) is 4.13. The van der Waals surface area contributed by atoms with Crippen LogP contribution in [0.2, 0.25) is 0 Å². The molecule has 0 saturated carbocycles. The molecule has 0 fully saturated rings. The van der Waals surface area contributed by atoms with E-state index < -0.39 is 16.4 Å². The van der Waals surface area contributed by atoms with Gasteiger partial charge in [-0.15, -0.1) is 0 Å². The summed E-state index contributed by atoms with van der Waals surface area (Å²) in [6.07, 6.45) is 3.23. The molecule has 3 heterocycles. The van der Waals surface area contributed by atoms with Gasteiger partial charge in [0.15, 0.2) is 5.78 Å². The third kappa shape index (κ3) is 2.10. The van der Waals surface area contributed by atoms with Crippen molar-refractivity contribution >= 4 is 27.9 Å². The van der Waals surface area contributed by atoms with Crippen LogP contribution in [0.1, 0.15) is 38.3 Å². The Morgan fingerprint density at radius 1 is 1.50 bits per heavy atom. The van der Waals surface area contributed by atoms with E-state index in [9.17, 15) is 14.9 Å². The van der Waals surface area contributed by atoms with Crippen molar-refractivity contribution in [2.75, 3.05) is 5.32 Å². The van der Waals surface area contributed by atoms with Gasteiger partial charge in [-0.25, -0.2) is 4.68 Å². The van der Waals surface area contributed by atoms with Crippen LogP contribution in [0.15, 0.2) is 35.0 Å². The summed E-state index contributed by atoms with van der Waals surface area (Å²) in [4.78, 5) is 23.7. The standard InChI is InChI=1S/C16H16N4O3S/c1-16(2)5-3-10-13(15(16)21)14(19-11(18-10)4-6-17-19)9-7-12(20(22)23)24-8-9/h4,6-8,14,18H,3,5H2,1-2H3. The second-order valence-electron chi connectivity index (χ2n) is 6.77. The minimum Gasteiger partial charge on any atom is -0.343 e. The van der Waals surface area contributed by atoms with Crippen LogP contribution >= 0.6 is 11.3 Å². The number of anilines is 1. The van der Waals surface area contributed by atoms with E-state index >= 15 is 0 Å². The molecule has 2 aromatic rings. The van der Waals surface area contributed by atoms with E-state index in [4.69, 9.17) is 0 Å². The number of nitrogens with one attached hydrogen (secondary N) is 1. The summed E-state index contributed by atoms with van der Waals surface area (Å²) in [6, 6.07) is 2.98. The topological polar surface area (TPSA) is 90.1 Å². The molecule has 0 aromatic carbocycles. The van der Waals surface area contributed by atoms with Gasteiger partial charge in [0.2, 0.25) is 0 Å². The molecule has 1 unspecified atom stereocenters. The molecular formula is C16H16N4O3S. The smallest absolute Gasteiger partial charge is 0.324 e. The summed E-state index contributed by atoms with van der Waals surface area (Å²) in [6.45, 7) is 3.90. The number of allylic oxidation sites excluding steroid dienone is 2. The number of Topliss-reactive ketones (excluding diaryl/α,β-unsaturated/α-hetero) is 1. The van der Waals surface area contributed by atoms with Crippen LogP contribution < -0.4 is 5.32 Å². The van der Waals surface area contributed by atoms with E-state index in [1.54, 1.807) is 22.3 Å². The number of fused-ring (bicyclic) bond motifs is 1. The lowest BCUT2D eigenvalue weighted by Crippen LogP contribution is -2.39. The average Bonchev–Trinajstić information content (AvgIpc) is 3.18. The van der Waals surface area contributed by atoms with E-state index in [2.05, 4.69) is 10.4 Å². The Morgan fingerprint density at radius 2 is 2.29 bits per heavy atom. The van der Waals surface area contributed by atoms with Crippen molar-refractivity contribution in [3.8, 4) is 0 Å². The zero-order valence-electron chi connectivity index (χ0n) is 13.3. The number of rotatable bonds is 2. The Kier molecular flexibility index (Phi) is 3.14. The first-order chi connectivity index (χ1) is 11.4. The molecular weight excluding hydrogens is 328 g/mol. The molecule has 1 N–H and O–H groups in total. The van der Waals surface area contributed by atoms with Crippen LogP contribution in [-0.2, 0) is 4.79 Å². The molecule has 8 heteroatoms. The summed E-state index contributed by atoms with van der Waals surface area (Å²) in [5.74, 6) is 0.886. The van der Waals surface area contributed by atoms with Crippen molar-refractivity contribution in [1.82, 2.24) is 9.78 Å². The lowest BCUT2D eigenvalue weighted by molar-refractivity contribution is -0.380. The number of hydrogen-bond acceptors (Lipinski definition) is 6. The van der Waals surface area contributed by atoms with Crippen molar-refractivity contribution in [2.24, 2.45) is 5.41 Å². The van der Waals surface area contributed by atoms with Gasteiger partial charge in [-0.05, 0) is 18.4 Å². The molecule has 124 valence electrons. The van der Waals surface area contributed by atoms with Crippen molar-refractivity contribution in [2.45, 2.75) is 32.7 Å². The fraction of sp³-hybridized carbons (Fsp3) is 0.375. The van der Waals surface area contributed by atoms with E-state index in [0.29, 0.717) is 5.57 Å². The summed E-state index contributed by atoms with van der Waals surface area (Å²) in [5, 5.41) is 20.5. The van der Waals surface area contributed by atoms with Crippen molar-refractivity contribution < 1.29 is 9.72 Å². The Hall–Kier alpha value is -2.48. The molecule has 0 amide bonds. The van der Waals surface area contributed by atoms with Gasteiger partial charge in [0.25, 0.3) is 0 Å². The van der Waals surface area contributed by atoms with Gasteiger partial charge >= 0.3 is 5.00 Å². The monoisotopic (exact) mass is 344 g/mol.